The summed E-state index contributed by atoms with van der Waals surface area (Å²) < 4.78 is 1.68. The second-order valence-electron chi connectivity index (χ2n) is 7.25. The molecule has 9 heteroatoms. The van der Waals surface area contributed by atoms with Gasteiger partial charge in [0.05, 0.1) is 24.0 Å². The molecule has 142 valence electrons. The third-order valence-corrected chi connectivity index (χ3v) is 5.70. The Kier molecular flexibility index (Phi) is 4.39. The summed E-state index contributed by atoms with van der Waals surface area (Å²) in [5.41, 5.74) is 0.854. The minimum absolute atomic E-state index is 0.0393. The number of halogens is 1. The van der Waals surface area contributed by atoms with E-state index in [4.69, 9.17) is 11.6 Å². The minimum atomic E-state index is -0.280. The molecule has 0 aliphatic carbocycles. The molecule has 27 heavy (non-hydrogen) atoms. The van der Waals surface area contributed by atoms with Crippen LogP contribution in [0.25, 0.3) is 0 Å². The molecule has 0 N–H and O–H groups in total. The molecule has 0 saturated carbocycles. The second kappa shape index (κ2) is 6.61. The predicted molar refractivity (Wildman–Crippen MR) is 101 cm³/mol. The highest BCUT2D eigenvalue weighted by atomic mass is 35.5. The number of likely N-dealkylation sites (tertiary alicyclic amines) is 1. The molecule has 2 aliphatic heterocycles. The topological polar surface area (TPSA) is 74.6 Å². The lowest BCUT2D eigenvalue weighted by Gasteiger charge is -2.46. The zero-order chi connectivity index (χ0) is 19.2. The van der Waals surface area contributed by atoms with Crippen molar-refractivity contribution in [1.82, 2.24) is 24.6 Å². The maximum Gasteiger partial charge on any atom is 0.272 e. The Morgan fingerprint density at radius 3 is 2.78 bits per heavy atom. The smallest absolute Gasteiger partial charge is 0.272 e. The van der Waals surface area contributed by atoms with Crippen molar-refractivity contribution >= 4 is 29.1 Å². The number of aromatic nitrogens is 3. The summed E-state index contributed by atoms with van der Waals surface area (Å²) in [6, 6.07) is 5.05. The van der Waals surface area contributed by atoms with Gasteiger partial charge in [-0.25, -0.2) is 4.98 Å². The van der Waals surface area contributed by atoms with Crippen LogP contribution in [0.5, 0.6) is 0 Å². The molecule has 0 radical (unpaired) electrons. The molecule has 0 bridgehead atoms. The average Bonchev–Trinajstić information content (AvgIpc) is 3.25. The maximum absolute atomic E-state index is 12.8. The summed E-state index contributed by atoms with van der Waals surface area (Å²) in [4.78, 5) is 35.2. The Hall–Kier alpha value is -2.45. The lowest BCUT2D eigenvalue weighted by Crippen LogP contribution is -2.64. The number of hydrogen-bond donors (Lipinski definition) is 0. The first kappa shape index (κ1) is 17.9. The van der Waals surface area contributed by atoms with Crippen molar-refractivity contribution in [2.75, 3.05) is 38.1 Å². The number of hydrogen-bond acceptors (Lipinski definition) is 5. The van der Waals surface area contributed by atoms with E-state index < -0.39 is 0 Å². The number of aryl methyl sites for hydroxylation is 1. The normalized spacial score (nSPS) is 23.4. The monoisotopic (exact) mass is 388 g/mol. The van der Waals surface area contributed by atoms with Gasteiger partial charge in [0.1, 0.15) is 10.8 Å². The Balaban J connectivity index is 1.56. The number of rotatable bonds is 2. The number of likely N-dealkylation sites (N-methyl/N-ethyl adjacent to an activating group) is 1. The predicted octanol–water partition coefficient (Wildman–Crippen LogP) is 1.03. The van der Waals surface area contributed by atoms with Gasteiger partial charge in [0.2, 0.25) is 5.91 Å². The number of pyridine rings is 1. The van der Waals surface area contributed by atoms with Crippen LogP contribution in [-0.2, 0) is 11.8 Å². The van der Waals surface area contributed by atoms with Gasteiger partial charge >= 0.3 is 0 Å². The van der Waals surface area contributed by atoms with Crippen LogP contribution in [0.1, 0.15) is 16.9 Å². The van der Waals surface area contributed by atoms with Crippen molar-refractivity contribution in [1.29, 1.82) is 0 Å². The van der Waals surface area contributed by atoms with Crippen LogP contribution in [-0.4, -0.2) is 75.1 Å². The molecule has 2 aromatic heterocycles. The highest BCUT2D eigenvalue weighted by Gasteiger charge is 2.49. The third-order valence-electron chi connectivity index (χ3n) is 5.49. The number of nitrogens with zero attached hydrogens (tertiary/aromatic N) is 6. The number of anilines is 1. The summed E-state index contributed by atoms with van der Waals surface area (Å²) >= 11 is 5.92. The van der Waals surface area contributed by atoms with Gasteiger partial charge in [-0.1, -0.05) is 17.7 Å². The fraction of sp³-hybridized carbons (Fsp3) is 0.444. The zero-order valence-corrected chi connectivity index (χ0v) is 16.1. The number of carbonyl (C=O) groups excluding carboxylic acids is 2. The molecule has 4 rings (SSSR count). The fourth-order valence-electron chi connectivity index (χ4n) is 3.90. The van der Waals surface area contributed by atoms with Gasteiger partial charge in [-0.05, 0) is 25.6 Å². The van der Waals surface area contributed by atoms with Crippen molar-refractivity contribution in [2.24, 2.45) is 7.05 Å². The Morgan fingerprint density at radius 1 is 1.26 bits per heavy atom. The van der Waals surface area contributed by atoms with Crippen LogP contribution in [0.3, 0.4) is 0 Å². The second-order valence-corrected chi connectivity index (χ2v) is 7.64. The van der Waals surface area contributed by atoms with Crippen LogP contribution in [0.2, 0.25) is 5.15 Å². The highest BCUT2D eigenvalue weighted by Crippen LogP contribution is 2.33. The number of amides is 2. The van der Waals surface area contributed by atoms with Gasteiger partial charge in [0, 0.05) is 32.9 Å². The van der Waals surface area contributed by atoms with E-state index in [0.29, 0.717) is 37.0 Å². The molecule has 1 spiro atoms. The fourth-order valence-corrected chi connectivity index (χ4v) is 4.07. The lowest BCUT2D eigenvalue weighted by molar-refractivity contribution is -0.123. The van der Waals surface area contributed by atoms with Crippen LogP contribution < -0.4 is 4.90 Å². The van der Waals surface area contributed by atoms with E-state index in [1.165, 1.54) is 0 Å². The first-order chi connectivity index (χ1) is 12.9. The highest BCUT2D eigenvalue weighted by molar-refractivity contribution is 6.29. The molecule has 2 amide bonds. The quantitative estimate of drug-likeness (QED) is 0.718. The van der Waals surface area contributed by atoms with E-state index >= 15 is 0 Å². The molecule has 2 saturated heterocycles. The van der Waals surface area contributed by atoms with Crippen molar-refractivity contribution in [3.8, 4) is 0 Å². The molecule has 2 aromatic rings. The van der Waals surface area contributed by atoms with E-state index in [9.17, 15) is 9.59 Å². The molecule has 1 unspecified atom stereocenters. The van der Waals surface area contributed by atoms with Crippen molar-refractivity contribution in [3.63, 3.8) is 0 Å². The summed E-state index contributed by atoms with van der Waals surface area (Å²) in [6.07, 6.45) is 4.33. The van der Waals surface area contributed by atoms with E-state index in [2.05, 4.69) is 15.0 Å². The Morgan fingerprint density at radius 2 is 2.07 bits per heavy atom. The van der Waals surface area contributed by atoms with Gasteiger partial charge in [-0.3, -0.25) is 19.2 Å². The van der Waals surface area contributed by atoms with Crippen molar-refractivity contribution in [3.05, 3.63) is 41.4 Å². The van der Waals surface area contributed by atoms with E-state index in [1.807, 2.05) is 20.3 Å². The largest absolute Gasteiger partial charge is 0.335 e. The van der Waals surface area contributed by atoms with E-state index in [-0.39, 0.29) is 17.4 Å². The minimum Gasteiger partial charge on any atom is -0.335 e. The lowest BCUT2D eigenvalue weighted by atomic mass is 9.93. The van der Waals surface area contributed by atoms with Gasteiger partial charge in [-0.2, -0.15) is 5.10 Å². The SMILES string of the molecule is CN1CC(=O)N(c2cnn(C)c2)CC12CCN(C(=O)c1cccc(Cl)n1)C2. The summed E-state index contributed by atoms with van der Waals surface area (Å²) in [6.45, 7) is 2.00. The van der Waals surface area contributed by atoms with Crippen LogP contribution in [0, 0.1) is 0 Å². The molecule has 4 heterocycles. The standard InChI is InChI=1S/C18H21ClN6O2/c1-22-10-16(26)25(13-8-20-23(2)9-13)12-18(22)6-7-24(11-18)17(27)14-4-3-5-15(19)21-14/h3-5,8-9H,6-7,10-12H2,1-2H3. The van der Waals surface area contributed by atoms with E-state index in [1.54, 1.807) is 38.9 Å². The summed E-state index contributed by atoms with van der Waals surface area (Å²) in [7, 11) is 3.78. The first-order valence-electron chi connectivity index (χ1n) is 8.80. The molecule has 8 nitrogen and oxygen atoms in total. The average molecular weight is 389 g/mol. The summed E-state index contributed by atoms with van der Waals surface area (Å²) in [5, 5.41) is 4.48. The van der Waals surface area contributed by atoms with Crippen molar-refractivity contribution in [2.45, 2.75) is 12.0 Å². The van der Waals surface area contributed by atoms with E-state index in [0.717, 1.165) is 12.1 Å². The number of piperazine rings is 1. The molecule has 2 fully saturated rings. The summed E-state index contributed by atoms with van der Waals surface area (Å²) in [5.74, 6) is -0.0926. The van der Waals surface area contributed by atoms with Gasteiger partial charge in [-0.15, -0.1) is 0 Å². The molecular formula is C18H21ClN6O2. The maximum atomic E-state index is 12.8. The van der Waals surface area contributed by atoms with Crippen molar-refractivity contribution < 1.29 is 9.59 Å². The van der Waals surface area contributed by atoms with Crippen LogP contribution in [0.4, 0.5) is 5.69 Å². The molecule has 1 atom stereocenters. The van der Waals surface area contributed by atoms with Crippen LogP contribution >= 0.6 is 11.6 Å². The van der Waals surface area contributed by atoms with Gasteiger partial charge in [0.25, 0.3) is 5.91 Å². The molecular weight excluding hydrogens is 368 g/mol. The molecule has 0 aromatic carbocycles. The van der Waals surface area contributed by atoms with Gasteiger partial charge in [0.15, 0.2) is 0 Å². The van der Waals surface area contributed by atoms with Gasteiger partial charge < -0.3 is 9.80 Å². The third kappa shape index (κ3) is 3.19. The Labute approximate surface area is 162 Å². The zero-order valence-electron chi connectivity index (χ0n) is 15.3. The number of carbonyl (C=O) groups is 2. The Bertz CT molecular complexity index is 899. The molecule has 2 aliphatic rings. The van der Waals surface area contributed by atoms with Crippen LogP contribution in [0.15, 0.2) is 30.6 Å². The first-order valence-corrected chi connectivity index (χ1v) is 9.18.